The fourth-order valence-corrected chi connectivity index (χ4v) is 3.65. The summed E-state index contributed by atoms with van der Waals surface area (Å²) in [6.07, 6.45) is 7.58. The Hall–Kier alpha value is -1.20. The highest BCUT2D eigenvalue weighted by molar-refractivity contribution is 7.11. The van der Waals surface area contributed by atoms with Gasteiger partial charge in [0.2, 0.25) is 0 Å². The molecule has 0 saturated carbocycles. The van der Waals surface area contributed by atoms with Crippen LogP contribution in [0.25, 0.3) is 0 Å². The van der Waals surface area contributed by atoms with Crippen LogP contribution < -0.4 is 5.32 Å². The molecule has 1 atom stereocenters. The summed E-state index contributed by atoms with van der Waals surface area (Å²) in [6.45, 7) is 0. The van der Waals surface area contributed by atoms with E-state index in [4.69, 9.17) is 4.98 Å². The van der Waals surface area contributed by atoms with E-state index in [2.05, 4.69) is 10.4 Å². The SMILES string of the molecule is CNC(c1cnn(C)c1)c1nc2c(s1)CCC2. The smallest absolute Gasteiger partial charge is 0.115 e. The number of aromatic nitrogens is 3. The molecule has 0 spiro atoms. The minimum Gasteiger partial charge on any atom is -0.307 e. The van der Waals surface area contributed by atoms with Gasteiger partial charge in [-0.2, -0.15) is 5.10 Å². The first-order chi connectivity index (χ1) is 8.28. The molecular formula is C12H16N4S. The standard InChI is InChI=1S/C12H16N4S/c1-13-11(8-6-14-16(2)7-8)12-15-9-4-3-5-10(9)17-12/h6-7,11,13H,3-5H2,1-2H3. The summed E-state index contributed by atoms with van der Waals surface area (Å²) < 4.78 is 1.83. The summed E-state index contributed by atoms with van der Waals surface area (Å²) in [6, 6.07) is 0.180. The van der Waals surface area contributed by atoms with Crippen molar-refractivity contribution in [1.29, 1.82) is 0 Å². The number of aryl methyl sites for hydroxylation is 3. The summed E-state index contributed by atoms with van der Waals surface area (Å²) in [4.78, 5) is 6.24. The third-order valence-electron chi connectivity index (χ3n) is 3.21. The lowest BCUT2D eigenvalue weighted by atomic mass is 10.2. The monoisotopic (exact) mass is 248 g/mol. The fourth-order valence-electron chi connectivity index (χ4n) is 2.36. The van der Waals surface area contributed by atoms with E-state index in [1.807, 2.05) is 42.5 Å². The Morgan fingerprint density at radius 3 is 3.00 bits per heavy atom. The molecule has 2 aromatic rings. The molecule has 17 heavy (non-hydrogen) atoms. The average molecular weight is 248 g/mol. The van der Waals surface area contributed by atoms with Crippen molar-refractivity contribution in [3.8, 4) is 0 Å². The Morgan fingerprint density at radius 2 is 2.35 bits per heavy atom. The maximum atomic E-state index is 4.77. The molecule has 0 bridgehead atoms. The molecule has 0 amide bonds. The van der Waals surface area contributed by atoms with E-state index in [-0.39, 0.29) is 6.04 Å². The zero-order valence-corrected chi connectivity index (χ0v) is 10.9. The zero-order chi connectivity index (χ0) is 11.8. The van der Waals surface area contributed by atoms with Crippen LogP contribution in [0.15, 0.2) is 12.4 Å². The molecule has 1 unspecified atom stereocenters. The highest BCUT2D eigenvalue weighted by Gasteiger charge is 2.22. The van der Waals surface area contributed by atoms with Gasteiger partial charge < -0.3 is 5.32 Å². The maximum Gasteiger partial charge on any atom is 0.115 e. The molecule has 0 radical (unpaired) electrons. The average Bonchev–Trinajstić information content (AvgIpc) is 2.95. The van der Waals surface area contributed by atoms with Crippen LogP contribution in [-0.4, -0.2) is 21.8 Å². The molecular weight excluding hydrogens is 232 g/mol. The van der Waals surface area contributed by atoms with Gasteiger partial charge >= 0.3 is 0 Å². The van der Waals surface area contributed by atoms with Crippen molar-refractivity contribution in [3.05, 3.63) is 33.5 Å². The van der Waals surface area contributed by atoms with E-state index in [9.17, 15) is 0 Å². The molecule has 0 aromatic carbocycles. The molecule has 0 aliphatic heterocycles. The van der Waals surface area contributed by atoms with Crippen LogP contribution in [0.1, 0.15) is 33.6 Å². The first kappa shape index (κ1) is 10.9. The van der Waals surface area contributed by atoms with Crippen LogP contribution in [0.3, 0.4) is 0 Å². The van der Waals surface area contributed by atoms with Crippen molar-refractivity contribution in [2.45, 2.75) is 25.3 Å². The fraction of sp³-hybridized carbons (Fsp3) is 0.500. The van der Waals surface area contributed by atoms with E-state index in [0.29, 0.717) is 0 Å². The Labute approximate surface area is 105 Å². The van der Waals surface area contributed by atoms with Crippen LogP contribution in [0.4, 0.5) is 0 Å². The second kappa shape index (κ2) is 4.23. The molecule has 1 aliphatic carbocycles. The van der Waals surface area contributed by atoms with Gasteiger partial charge in [-0.25, -0.2) is 4.98 Å². The van der Waals surface area contributed by atoms with Gasteiger partial charge in [-0.15, -0.1) is 11.3 Å². The second-order valence-corrected chi connectivity index (χ2v) is 5.56. The number of fused-ring (bicyclic) bond motifs is 1. The highest BCUT2D eigenvalue weighted by Crippen LogP contribution is 2.32. The molecule has 1 aliphatic rings. The molecule has 5 heteroatoms. The van der Waals surface area contributed by atoms with Crippen molar-refractivity contribution in [1.82, 2.24) is 20.1 Å². The molecule has 2 heterocycles. The van der Waals surface area contributed by atoms with Gasteiger partial charge in [0.05, 0.1) is 17.9 Å². The molecule has 1 N–H and O–H groups in total. The van der Waals surface area contributed by atoms with Crippen LogP contribution in [0, 0.1) is 0 Å². The topological polar surface area (TPSA) is 42.7 Å². The first-order valence-corrected chi connectivity index (χ1v) is 6.74. The number of rotatable bonds is 3. The van der Waals surface area contributed by atoms with Crippen molar-refractivity contribution in [2.75, 3.05) is 7.05 Å². The van der Waals surface area contributed by atoms with Crippen LogP contribution in [0.5, 0.6) is 0 Å². The Morgan fingerprint density at radius 1 is 1.47 bits per heavy atom. The van der Waals surface area contributed by atoms with Crippen LogP contribution in [-0.2, 0) is 19.9 Å². The van der Waals surface area contributed by atoms with Gasteiger partial charge in [0, 0.05) is 23.7 Å². The van der Waals surface area contributed by atoms with Gasteiger partial charge in [0.25, 0.3) is 0 Å². The number of nitrogens with one attached hydrogen (secondary N) is 1. The third kappa shape index (κ3) is 1.89. The van der Waals surface area contributed by atoms with Gasteiger partial charge in [-0.05, 0) is 26.3 Å². The van der Waals surface area contributed by atoms with Gasteiger partial charge in [0.15, 0.2) is 0 Å². The van der Waals surface area contributed by atoms with Gasteiger partial charge in [-0.3, -0.25) is 4.68 Å². The van der Waals surface area contributed by atoms with E-state index >= 15 is 0 Å². The second-order valence-electron chi connectivity index (χ2n) is 4.44. The normalized spacial score (nSPS) is 16.1. The number of nitrogens with zero attached hydrogens (tertiary/aromatic N) is 3. The summed E-state index contributed by atoms with van der Waals surface area (Å²) in [5.41, 5.74) is 2.50. The molecule has 90 valence electrons. The summed E-state index contributed by atoms with van der Waals surface area (Å²) in [5.74, 6) is 0. The number of hydrogen-bond acceptors (Lipinski definition) is 4. The quantitative estimate of drug-likeness (QED) is 0.898. The third-order valence-corrected chi connectivity index (χ3v) is 4.43. The highest BCUT2D eigenvalue weighted by atomic mass is 32.1. The first-order valence-electron chi connectivity index (χ1n) is 5.92. The van der Waals surface area contributed by atoms with Crippen molar-refractivity contribution >= 4 is 11.3 Å². The molecule has 2 aromatic heterocycles. The van der Waals surface area contributed by atoms with E-state index in [1.54, 1.807) is 0 Å². The lowest BCUT2D eigenvalue weighted by Gasteiger charge is -2.10. The minimum atomic E-state index is 0.180. The predicted octanol–water partition coefficient (Wildman–Crippen LogP) is 1.67. The van der Waals surface area contributed by atoms with E-state index in [0.717, 1.165) is 6.42 Å². The summed E-state index contributed by atoms with van der Waals surface area (Å²) in [5, 5.41) is 8.73. The van der Waals surface area contributed by atoms with Crippen LogP contribution >= 0.6 is 11.3 Å². The molecule has 3 rings (SSSR count). The Bertz CT molecular complexity index is 507. The Kier molecular flexibility index (Phi) is 2.72. The summed E-state index contributed by atoms with van der Waals surface area (Å²) >= 11 is 1.85. The lowest BCUT2D eigenvalue weighted by molar-refractivity contribution is 0.680. The maximum absolute atomic E-state index is 4.77. The van der Waals surface area contributed by atoms with Gasteiger partial charge in [0.1, 0.15) is 5.01 Å². The lowest BCUT2D eigenvalue weighted by Crippen LogP contribution is -2.17. The summed E-state index contributed by atoms with van der Waals surface area (Å²) in [7, 11) is 3.92. The number of hydrogen-bond donors (Lipinski definition) is 1. The Balaban J connectivity index is 1.94. The van der Waals surface area contributed by atoms with E-state index in [1.165, 1.54) is 34.0 Å². The van der Waals surface area contributed by atoms with E-state index < -0.39 is 0 Å². The molecule has 0 fully saturated rings. The van der Waals surface area contributed by atoms with Crippen molar-refractivity contribution < 1.29 is 0 Å². The predicted molar refractivity (Wildman–Crippen MR) is 68.2 cm³/mol. The molecule has 0 saturated heterocycles. The zero-order valence-electron chi connectivity index (χ0n) is 10.1. The molecule has 4 nitrogen and oxygen atoms in total. The number of thiazole rings is 1. The van der Waals surface area contributed by atoms with Gasteiger partial charge in [-0.1, -0.05) is 0 Å². The van der Waals surface area contributed by atoms with Crippen molar-refractivity contribution in [3.63, 3.8) is 0 Å². The van der Waals surface area contributed by atoms with Crippen molar-refractivity contribution in [2.24, 2.45) is 7.05 Å². The largest absolute Gasteiger partial charge is 0.307 e. The van der Waals surface area contributed by atoms with Crippen LogP contribution in [0.2, 0.25) is 0 Å². The minimum absolute atomic E-state index is 0.180.